The number of hydrogen-bond acceptors (Lipinski definition) is 2. The molecule has 0 amide bonds. The summed E-state index contributed by atoms with van der Waals surface area (Å²) in [7, 11) is 0. The third-order valence-corrected chi connectivity index (χ3v) is 8.49. The van der Waals surface area contributed by atoms with Crippen molar-refractivity contribution in [2.45, 2.75) is 0 Å². The summed E-state index contributed by atoms with van der Waals surface area (Å²) >= 11 is 0. The molecule has 9 aromatic carbocycles. The average Bonchev–Trinajstić information content (AvgIpc) is 1.73. The molecule has 0 fully saturated rings. The van der Waals surface area contributed by atoms with Gasteiger partial charge in [-0.15, -0.1) is 0 Å². The highest BCUT2D eigenvalue weighted by molar-refractivity contribution is 6.13. The van der Waals surface area contributed by atoms with Crippen LogP contribution in [-0.4, -0.2) is 4.57 Å². The Morgan fingerprint density at radius 3 is 1.78 bits per heavy atom. The van der Waals surface area contributed by atoms with Gasteiger partial charge >= 0.3 is 0 Å². The SMILES string of the molecule is [2H]c1c([2H])c([2H])c(N(c2c([2H])c([2H])c(-c3c([2H])c([2H])c4c([2H])c([2H])c([2H])c([2H])c4c3[2H])c([2H])c2[2H])c2c([2H])c(-c3c([2H])c([2H])c([2H])c([2H])c3-n3c4c([2H])c([2H])c([2H])c([2H])c4c4c([2H])c([2H])c([2H])c([2H])c43)c3oc4c([2H])c([2H])c([2H])c([2H])c4c3c2[2H])c([2H])c1[2H]. The molecular formula is C52H34N2O. The Morgan fingerprint density at radius 1 is 0.400 bits per heavy atom. The zero-order chi connectivity index (χ0) is 65.9. The van der Waals surface area contributed by atoms with Crippen molar-refractivity contribution in [2.75, 3.05) is 4.90 Å². The fraction of sp³-hybridized carbons (Fsp3) is 0. The van der Waals surface area contributed by atoms with Crippen molar-refractivity contribution in [1.29, 1.82) is 0 Å². The van der Waals surface area contributed by atoms with Gasteiger partial charge in [-0.3, -0.25) is 0 Å². The molecule has 258 valence electrons. The molecule has 0 spiro atoms. The average molecular weight is 737 g/mol. The van der Waals surface area contributed by atoms with E-state index in [1.807, 2.05) is 0 Å². The number of para-hydroxylation sites is 5. The van der Waals surface area contributed by atoms with E-state index in [9.17, 15) is 19.2 Å². The monoisotopic (exact) mass is 736 g/mol. The second kappa shape index (κ2) is 12.6. The Labute approximate surface area is 366 Å². The fourth-order valence-corrected chi connectivity index (χ4v) is 6.17. The van der Waals surface area contributed by atoms with Crippen molar-refractivity contribution in [3.05, 3.63) is 205 Å². The summed E-state index contributed by atoms with van der Waals surface area (Å²) < 4.78 is 317. The van der Waals surface area contributed by atoms with Gasteiger partial charge in [-0.25, -0.2) is 0 Å². The number of hydrogen-bond donors (Lipinski definition) is 0. The van der Waals surface area contributed by atoms with Crippen LogP contribution in [0.1, 0.15) is 46.6 Å². The van der Waals surface area contributed by atoms with Gasteiger partial charge in [-0.05, 0) is 88.4 Å². The summed E-state index contributed by atoms with van der Waals surface area (Å²) in [5.41, 5.74) is -12.0. The summed E-state index contributed by atoms with van der Waals surface area (Å²) in [6, 6.07) is -36.7. The molecule has 0 saturated heterocycles. The van der Waals surface area contributed by atoms with E-state index in [1.165, 1.54) is 0 Å². The Hall–Kier alpha value is -7.36. The Morgan fingerprint density at radius 2 is 1.00 bits per heavy atom. The molecule has 0 unspecified atom stereocenters. The molecule has 0 saturated carbocycles. The normalized spacial score (nSPS) is 20.3. The van der Waals surface area contributed by atoms with Crippen molar-refractivity contribution >= 4 is 71.6 Å². The molecule has 11 rings (SSSR count). The molecule has 55 heavy (non-hydrogen) atoms. The van der Waals surface area contributed by atoms with Gasteiger partial charge in [0.05, 0.1) is 63.3 Å². The van der Waals surface area contributed by atoms with Crippen LogP contribution in [-0.2, 0) is 0 Å². The Kier molecular flexibility index (Phi) is 2.84. The molecule has 0 aliphatic heterocycles. The van der Waals surface area contributed by atoms with Gasteiger partial charge in [0.25, 0.3) is 0 Å². The van der Waals surface area contributed by atoms with Crippen LogP contribution >= 0.6 is 0 Å². The predicted octanol–water partition coefficient (Wildman–Crippen LogP) is 14.6. The maximum absolute atomic E-state index is 10.5. The van der Waals surface area contributed by atoms with E-state index >= 15 is 0 Å². The molecule has 0 atom stereocenters. The summed E-state index contributed by atoms with van der Waals surface area (Å²) in [6.45, 7) is 0. The van der Waals surface area contributed by atoms with E-state index < -0.39 is 305 Å². The number of nitrogens with zero attached hydrogens (tertiary/aromatic N) is 2. The molecule has 3 heteroatoms. The van der Waals surface area contributed by atoms with Crippen LogP contribution < -0.4 is 4.90 Å². The molecule has 11 aromatic rings. The topological polar surface area (TPSA) is 21.3 Å². The number of benzene rings is 9. The summed E-state index contributed by atoms with van der Waals surface area (Å²) in [6.07, 6.45) is 0. The number of furan rings is 1. The highest BCUT2D eigenvalue weighted by atomic mass is 16.3. The fourth-order valence-electron chi connectivity index (χ4n) is 6.17. The van der Waals surface area contributed by atoms with Crippen LogP contribution in [0, 0.1) is 0 Å². The number of rotatable bonds is 6. The van der Waals surface area contributed by atoms with Crippen molar-refractivity contribution in [3.63, 3.8) is 0 Å². The molecule has 0 aliphatic carbocycles. The first-order valence-electron chi connectivity index (χ1n) is 33.0. The zero-order valence-corrected chi connectivity index (χ0v) is 27.3. The van der Waals surface area contributed by atoms with Gasteiger partial charge in [0, 0.05) is 49.7 Å². The Bertz CT molecular complexity index is 5070. The minimum Gasteiger partial charge on any atom is -0.455 e. The molecule has 3 nitrogen and oxygen atoms in total. The van der Waals surface area contributed by atoms with Gasteiger partial charge in [0.2, 0.25) is 0 Å². The maximum Gasteiger partial charge on any atom is 0.143 e. The lowest BCUT2D eigenvalue weighted by Crippen LogP contribution is -2.10. The second-order valence-corrected chi connectivity index (χ2v) is 11.5. The smallest absolute Gasteiger partial charge is 0.143 e. The van der Waals surface area contributed by atoms with Crippen LogP contribution in [0.15, 0.2) is 210 Å². The van der Waals surface area contributed by atoms with E-state index in [2.05, 4.69) is 0 Å². The third-order valence-electron chi connectivity index (χ3n) is 8.49. The lowest BCUT2D eigenvalue weighted by atomic mass is 9.98. The molecule has 0 N–H and O–H groups in total. The minimum atomic E-state index is -1.37. The summed E-state index contributed by atoms with van der Waals surface area (Å²) in [5, 5.41) is -4.16. The largest absolute Gasteiger partial charge is 0.455 e. The molecule has 0 radical (unpaired) electrons. The standard InChI is InChI=1S/C52H34N2O/c1-2-16-39(17-3-1)53(40-30-28-36(29-31-40)38-27-26-35-14-4-5-15-37(35)32-38)41-33-46(52-47(34-41)45-21-9-13-25-51(45)55-52)44-20-8-12-24-50(44)54-48-22-10-6-18-42(48)43-19-7-11-23-49(43)54/h1-34H/i1D,2D,3D,4D,5D,6D,7D,8D,9D,10D,11D,12D,13D,14D,15D,16D,17D,18D,19D,20D,21D,22D,23D,24D,25D,26D,27D,28D,29D,30D,31D,32D,33D,34D. The quantitative estimate of drug-likeness (QED) is 0.169. The van der Waals surface area contributed by atoms with Crippen LogP contribution in [0.25, 0.3) is 82.5 Å². The first-order valence-corrected chi connectivity index (χ1v) is 16.0. The molecular weight excluding hydrogens is 669 g/mol. The molecule has 2 aromatic heterocycles. The van der Waals surface area contributed by atoms with Gasteiger partial charge in [-0.1, -0.05) is 139 Å². The van der Waals surface area contributed by atoms with Gasteiger partial charge in [0.1, 0.15) is 11.2 Å². The number of anilines is 3. The van der Waals surface area contributed by atoms with Crippen molar-refractivity contribution in [1.82, 2.24) is 4.57 Å². The van der Waals surface area contributed by atoms with Crippen LogP contribution in [0.4, 0.5) is 17.1 Å². The zero-order valence-electron chi connectivity index (χ0n) is 61.3. The van der Waals surface area contributed by atoms with Crippen LogP contribution in [0.2, 0.25) is 0 Å². The molecule has 2 heterocycles. The first-order chi connectivity index (χ1) is 41.4. The van der Waals surface area contributed by atoms with Gasteiger partial charge in [0.15, 0.2) is 0 Å². The highest BCUT2D eigenvalue weighted by Gasteiger charge is 2.22. The summed E-state index contributed by atoms with van der Waals surface area (Å²) in [5.74, 6) is 0. The van der Waals surface area contributed by atoms with Crippen LogP contribution in [0.5, 0.6) is 0 Å². The maximum atomic E-state index is 10.5. The number of aromatic nitrogens is 1. The summed E-state index contributed by atoms with van der Waals surface area (Å²) in [4.78, 5) is 0.289. The van der Waals surface area contributed by atoms with Gasteiger partial charge in [-0.2, -0.15) is 0 Å². The first kappa shape index (κ1) is 12.3. The van der Waals surface area contributed by atoms with E-state index in [-0.39, 0.29) is 4.90 Å². The molecule has 0 aliphatic rings. The number of fused-ring (bicyclic) bond motifs is 7. The Balaban J connectivity index is 1.42. The van der Waals surface area contributed by atoms with E-state index in [4.69, 9.17) is 31.8 Å². The van der Waals surface area contributed by atoms with Crippen molar-refractivity contribution < 1.29 is 51.0 Å². The lowest BCUT2D eigenvalue weighted by Gasteiger charge is -2.26. The van der Waals surface area contributed by atoms with Crippen LogP contribution in [0.3, 0.4) is 0 Å². The second-order valence-electron chi connectivity index (χ2n) is 11.5. The van der Waals surface area contributed by atoms with E-state index in [0.29, 0.717) is 4.57 Å². The van der Waals surface area contributed by atoms with Crippen molar-refractivity contribution in [3.8, 4) is 27.9 Å². The van der Waals surface area contributed by atoms with Gasteiger partial charge < -0.3 is 13.9 Å². The van der Waals surface area contributed by atoms with E-state index in [0.717, 1.165) is 0 Å². The molecule has 0 bridgehead atoms. The lowest BCUT2D eigenvalue weighted by molar-refractivity contribution is 0.670. The highest BCUT2D eigenvalue weighted by Crippen LogP contribution is 2.45. The van der Waals surface area contributed by atoms with E-state index in [1.54, 1.807) is 0 Å². The van der Waals surface area contributed by atoms with Crippen molar-refractivity contribution in [2.24, 2.45) is 0 Å². The minimum absolute atomic E-state index is 0.289. The third kappa shape index (κ3) is 5.13. The predicted molar refractivity (Wildman–Crippen MR) is 231 cm³/mol.